The number of rotatable bonds is 3. The van der Waals surface area contributed by atoms with Crippen LogP contribution in [-0.2, 0) is 9.53 Å². The molecule has 0 aliphatic rings. The van der Waals surface area contributed by atoms with Crippen LogP contribution in [0.3, 0.4) is 0 Å². The van der Waals surface area contributed by atoms with Gasteiger partial charge in [-0.1, -0.05) is 12.1 Å². The normalized spacial score (nSPS) is 12.3. The van der Waals surface area contributed by atoms with Crippen molar-refractivity contribution >= 4 is 5.97 Å². The predicted octanol–water partition coefficient (Wildman–Crippen LogP) is 1.73. The Balaban J connectivity index is 2.82. The maximum absolute atomic E-state index is 13.3. The second kappa shape index (κ2) is 4.89. The molecule has 0 bridgehead atoms. The first kappa shape index (κ1) is 11.7. The Labute approximate surface area is 87.5 Å². The zero-order chi connectivity index (χ0) is 11.4. The molecule has 0 aromatic heterocycles. The lowest BCUT2D eigenvalue weighted by Crippen LogP contribution is -2.09. The van der Waals surface area contributed by atoms with E-state index >= 15 is 0 Å². The highest BCUT2D eigenvalue weighted by Gasteiger charge is 2.16. The second-order valence-electron chi connectivity index (χ2n) is 3.32. The maximum atomic E-state index is 13.3. The number of halogens is 1. The van der Waals surface area contributed by atoms with Gasteiger partial charge in [0, 0.05) is 5.56 Å². The first-order chi connectivity index (χ1) is 7.04. The van der Waals surface area contributed by atoms with Crippen LogP contribution in [-0.4, -0.2) is 18.2 Å². The molecule has 1 atom stereocenters. The smallest absolute Gasteiger partial charge is 0.308 e. The molecule has 1 rings (SSSR count). The molecule has 0 saturated carbocycles. The average Bonchev–Trinajstić information content (AvgIpc) is 2.17. The SMILES string of the molecule is COC(=O)CC(O)c1ccc(C)cc1F. The third kappa shape index (κ3) is 3.02. The summed E-state index contributed by atoms with van der Waals surface area (Å²) in [6.45, 7) is 1.75. The van der Waals surface area contributed by atoms with E-state index in [-0.39, 0.29) is 12.0 Å². The molecule has 1 aromatic carbocycles. The lowest BCUT2D eigenvalue weighted by Gasteiger charge is -2.10. The molecule has 0 aliphatic carbocycles. The van der Waals surface area contributed by atoms with Gasteiger partial charge in [-0.2, -0.15) is 0 Å². The molecule has 0 amide bonds. The van der Waals surface area contributed by atoms with Crippen LogP contribution in [0.5, 0.6) is 0 Å². The van der Waals surface area contributed by atoms with E-state index in [0.29, 0.717) is 0 Å². The number of carbonyl (C=O) groups excluding carboxylic acids is 1. The molecule has 0 spiro atoms. The van der Waals surface area contributed by atoms with Crippen LogP contribution in [0, 0.1) is 12.7 Å². The summed E-state index contributed by atoms with van der Waals surface area (Å²) in [6.07, 6.45) is -1.39. The number of hydrogen-bond donors (Lipinski definition) is 1. The van der Waals surface area contributed by atoms with E-state index in [0.717, 1.165) is 5.56 Å². The van der Waals surface area contributed by atoms with Gasteiger partial charge in [0.25, 0.3) is 0 Å². The quantitative estimate of drug-likeness (QED) is 0.776. The van der Waals surface area contributed by atoms with Crippen LogP contribution >= 0.6 is 0 Å². The summed E-state index contributed by atoms with van der Waals surface area (Å²) in [6, 6.07) is 4.47. The van der Waals surface area contributed by atoms with Crippen LogP contribution in [0.25, 0.3) is 0 Å². The monoisotopic (exact) mass is 212 g/mol. The molecule has 4 heteroatoms. The number of aliphatic hydroxyl groups is 1. The van der Waals surface area contributed by atoms with Gasteiger partial charge in [0.15, 0.2) is 0 Å². The molecule has 0 fully saturated rings. The Kier molecular flexibility index (Phi) is 3.80. The fraction of sp³-hybridized carbons (Fsp3) is 0.364. The molecule has 82 valence electrons. The van der Waals surface area contributed by atoms with Crippen molar-refractivity contribution in [2.75, 3.05) is 7.11 Å². The summed E-state index contributed by atoms with van der Waals surface area (Å²) in [5.41, 5.74) is 0.882. The summed E-state index contributed by atoms with van der Waals surface area (Å²) in [5.74, 6) is -1.08. The Morgan fingerprint density at radius 2 is 2.27 bits per heavy atom. The van der Waals surface area contributed by atoms with E-state index in [1.54, 1.807) is 13.0 Å². The largest absolute Gasteiger partial charge is 0.469 e. The van der Waals surface area contributed by atoms with Gasteiger partial charge in [0.05, 0.1) is 19.6 Å². The molecular formula is C11H13FO3. The highest BCUT2D eigenvalue weighted by molar-refractivity contribution is 5.70. The highest BCUT2D eigenvalue weighted by Crippen LogP contribution is 2.21. The third-order valence-corrected chi connectivity index (χ3v) is 2.10. The molecule has 0 radical (unpaired) electrons. The summed E-state index contributed by atoms with van der Waals surface area (Å²) in [5, 5.41) is 9.55. The van der Waals surface area contributed by atoms with E-state index < -0.39 is 17.9 Å². The first-order valence-electron chi connectivity index (χ1n) is 4.55. The van der Waals surface area contributed by atoms with Gasteiger partial charge in [0.1, 0.15) is 5.82 Å². The van der Waals surface area contributed by atoms with Crippen molar-refractivity contribution in [3.05, 3.63) is 35.1 Å². The van der Waals surface area contributed by atoms with E-state index in [4.69, 9.17) is 0 Å². The van der Waals surface area contributed by atoms with E-state index in [1.165, 1.54) is 19.2 Å². The lowest BCUT2D eigenvalue weighted by atomic mass is 10.0. The molecule has 15 heavy (non-hydrogen) atoms. The summed E-state index contributed by atoms with van der Waals surface area (Å²) >= 11 is 0. The maximum Gasteiger partial charge on any atom is 0.308 e. The molecule has 1 aromatic rings. The number of carbonyl (C=O) groups is 1. The van der Waals surface area contributed by atoms with Gasteiger partial charge in [-0.25, -0.2) is 4.39 Å². The topological polar surface area (TPSA) is 46.5 Å². The van der Waals surface area contributed by atoms with Crippen LogP contribution in [0.1, 0.15) is 23.7 Å². The van der Waals surface area contributed by atoms with Crippen LogP contribution in [0.4, 0.5) is 4.39 Å². The van der Waals surface area contributed by atoms with Crippen molar-refractivity contribution in [1.82, 2.24) is 0 Å². The number of esters is 1. The van der Waals surface area contributed by atoms with Gasteiger partial charge < -0.3 is 9.84 Å². The number of ether oxygens (including phenoxy) is 1. The number of aliphatic hydroxyl groups excluding tert-OH is 1. The molecule has 0 heterocycles. The van der Waals surface area contributed by atoms with Crippen molar-refractivity contribution in [3.63, 3.8) is 0 Å². The first-order valence-corrected chi connectivity index (χ1v) is 4.55. The Morgan fingerprint density at radius 1 is 1.60 bits per heavy atom. The summed E-state index contributed by atoms with van der Waals surface area (Å²) < 4.78 is 17.7. The molecule has 1 N–H and O–H groups in total. The van der Waals surface area contributed by atoms with E-state index in [9.17, 15) is 14.3 Å². The average molecular weight is 212 g/mol. The Morgan fingerprint density at radius 3 is 2.80 bits per heavy atom. The molecular weight excluding hydrogens is 199 g/mol. The fourth-order valence-electron chi connectivity index (χ4n) is 1.25. The van der Waals surface area contributed by atoms with Gasteiger partial charge in [0.2, 0.25) is 0 Å². The Bertz CT molecular complexity index is 363. The van der Waals surface area contributed by atoms with Crippen molar-refractivity contribution in [3.8, 4) is 0 Å². The van der Waals surface area contributed by atoms with Crippen LogP contribution < -0.4 is 0 Å². The zero-order valence-electron chi connectivity index (χ0n) is 8.66. The minimum absolute atomic E-state index is 0.117. The van der Waals surface area contributed by atoms with Crippen LogP contribution in [0.15, 0.2) is 18.2 Å². The minimum Gasteiger partial charge on any atom is -0.469 e. The van der Waals surface area contributed by atoms with Gasteiger partial charge in [-0.3, -0.25) is 4.79 Å². The number of hydrogen-bond acceptors (Lipinski definition) is 3. The predicted molar refractivity (Wildman–Crippen MR) is 52.7 cm³/mol. The van der Waals surface area contributed by atoms with Crippen molar-refractivity contribution < 1.29 is 19.0 Å². The fourth-order valence-corrected chi connectivity index (χ4v) is 1.25. The lowest BCUT2D eigenvalue weighted by molar-refractivity contribution is -0.142. The Hall–Kier alpha value is -1.42. The minimum atomic E-state index is -1.15. The standard InChI is InChI=1S/C11H13FO3/c1-7-3-4-8(9(12)5-7)10(13)6-11(14)15-2/h3-5,10,13H,6H2,1-2H3. The number of aryl methyl sites for hydroxylation is 1. The van der Waals surface area contributed by atoms with Gasteiger partial charge in [-0.05, 0) is 18.6 Å². The van der Waals surface area contributed by atoms with Crippen molar-refractivity contribution in [2.45, 2.75) is 19.4 Å². The van der Waals surface area contributed by atoms with E-state index in [2.05, 4.69) is 4.74 Å². The molecule has 3 nitrogen and oxygen atoms in total. The molecule has 0 saturated heterocycles. The molecule has 1 unspecified atom stereocenters. The van der Waals surface area contributed by atoms with Crippen molar-refractivity contribution in [2.24, 2.45) is 0 Å². The zero-order valence-corrected chi connectivity index (χ0v) is 8.66. The molecule has 0 aliphatic heterocycles. The van der Waals surface area contributed by atoms with Gasteiger partial charge in [-0.15, -0.1) is 0 Å². The summed E-state index contributed by atoms with van der Waals surface area (Å²) in [4.78, 5) is 10.9. The van der Waals surface area contributed by atoms with Crippen molar-refractivity contribution in [1.29, 1.82) is 0 Å². The van der Waals surface area contributed by atoms with Gasteiger partial charge >= 0.3 is 5.97 Å². The second-order valence-corrected chi connectivity index (χ2v) is 3.32. The number of methoxy groups -OCH3 is 1. The summed E-state index contributed by atoms with van der Waals surface area (Å²) in [7, 11) is 1.22. The van der Waals surface area contributed by atoms with E-state index in [1.807, 2.05) is 0 Å². The third-order valence-electron chi connectivity index (χ3n) is 2.10. The number of benzene rings is 1. The highest BCUT2D eigenvalue weighted by atomic mass is 19.1. The van der Waals surface area contributed by atoms with Crippen LogP contribution in [0.2, 0.25) is 0 Å².